The molecule has 0 aliphatic carbocycles. The van der Waals surface area contributed by atoms with Crippen LogP contribution in [0.25, 0.3) is 11.0 Å². The second-order valence-electron chi connectivity index (χ2n) is 5.14. The highest BCUT2D eigenvalue weighted by molar-refractivity contribution is 5.76. The number of hydrogen-bond acceptors (Lipinski definition) is 2. The van der Waals surface area contributed by atoms with Crippen LogP contribution in [-0.2, 0) is 12.7 Å². The van der Waals surface area contributed by atoms with Crippen LogP contribution in [0, 0.1) is 0 Å². The van der Waals surface area contributed by atoms with E-state index >= 15 is 0 Å². The van der Waals surface area contributed by atoms with Crippen LogP contribution in [0.3, 0.4) is 0 Å². The number of halogens is 3. The second kappa shape index (κ2) is 4.52. The summed E-state index contributed by atoms with van der Waals surface area (Å²) in [7, 11) is 0. The van der Waals surface area contributed by atoms with Gasteiger partial charge in [-0.25, -0.2) is 4.98 Å². The lowest BCUT2D eigenvalue weighted by Gasteiger charge is -2.19. The molecule has 1 heterocycles. The zero-order valence-electron chi connectivity index (χ0n) is 10.7. The Balaban J connectivity index is 2.49. The molecule has 0 spiro atoms. The van der Waals surface area contributed by atoms with Gasteiger partial charge >= 0.3 is 6.18 Å². The van der Waals surface area contributed by atoms with E-state index in [1.807, 2.05) is 0 Å². The molecular formula is C13H15F3N2O. The van der Waals surface area contributed by atoms with E-state index in [2.05, 4.69) is 4.98 Å². The van der Waals surface area contributed by atoms with Gasteiger partial charge in [0.25, 0.3) is 0 Å². The number of aromatic nitrogens is 2. The van der Waals surface area contributed by atoms with E-state index in [1.54, 1.807) is 38.1 Å². The molecule has 104 valence electrons. The molecule has 2 rings (SSSR count). The number of nitrogens with zero attached hydrogens (tertiary/aromatic N) is 2. The minimum Gasteiger partial charge on any atom is -0.390 e. The number of aliphatic hydroxyl groups is 1. The maximum absolute atomic E-state index is 13.0. The number of para-hydroxylation sites is 2. The lowest BCUT2D eigenvalue weighted by molar-refractivity contribution is -0.147. The van der Waals surface area contributed by atoms with Gasteiger partial charge in [-0.05, 0) is 32.4 Å². The summed E-state index contributed by atoms with van der Waals surface area (Å²) in [5.74, 6) is -0.919. The van der Waals surface area contributed by atoms with Crippen LogP contribution in [0.5, 0.6) is 0 Å². The van der Waals surface area contributed by atoms with Crippen LogP contribution >= 0.6 is 0 Å². The number of fused-ring (bicyclic) bond motifs is 1. The molecule has 0 aliphatic rings. The van der Waals surface area contributed by atoms with E-state index in [9.17, 15) is 18.3 Å². The molecule has 2 aromatic rings. The fraction of sp³-hybridized carbons (Fsp3) is 0.462. The molecule has 3 nitrogen and oxygen atoms in total. The average Bonchev–Trinajstić information content (AvgIpc) is 2.63. The van der Waals surface area contributed by atoms with Gasteiger partial charge in [-0.3, -0.25) is 0 Å². The molecule has 0 saturated carbocycles. The third-order valence-electron chi connectivity index (χ3n) is 2.86. The number of benzene rings is 1. The molecule has 0 bridgehead atoms. The fourth-order valence-corrected chi connectivity index (χ4v) is 1.90. The first kappa shape index (κ1) is 13.9. The zero-order valence-corrected chi connectivity index (χ0v) is 10.7. The van der Waals surface area contributed by atoms with Crippen LogP contribution in [0.2, 0.25) is 0 Å². The third kappa shape index (κ3) is 3.07. The van der Waals surface area contributed by atoms with Gasteiger partial charge in [-0.1, -0.05) is 12.1 Å². The Morgan fingerprint density at radius 3 is 2.42 bits per heavy atom. The van der Waals surface area contributed by atoms with Crippen molar-refractivity contribution in [3.8, 4) is 0 Å². The molecule has 0 saturated heterocycles. The normalized spacial score (nSPS) is 13.2. The van der Waals surface area contributed by atoms with Gasteiger partial charge in [0.05, 0.1) is 16.6 Å². The minimum atomic E-state index is -4.50. The number of imidazole rings is 1. The van der Waals surface area contributed by atoms with Crippen LogP contribution < -0.4 is 0 Å². The molecule has 6 heteroatoms. The molecule has 0 aliphatic heterocycles. The largest absolute Gasteiger partial charge is 0.449 e. The van der Waals surface area contributed by atoms with Gasteiger partial charge in [0.15, 0.2) is 0 Å². The van der Waals surface area contributed by atoms with E-state index in [0.717, 1.165) is 4.57 Å². The standard InChI is InChI=1S/C13H15F3N2O/c1-12(2,19)7-8-18-10-6-4-3-5-9(10)17-11(18)13(14,15)16/h3-6,19H,7-8H2,1-2H3. The fourth-order valence-electron chi connectivity index (χ4n) is 1.90. The topological polar surface area (TPSA) is 38.0 Å². The van der Waals surface area contributed by atoms with Crippen molar-refractivity contribution in [1.82, 2.24) is 9.55 Å². The van der Waals surface area contributed by atoms with Gasteiger partial charge in [-0.15, -0.1) is 0 Å². The van der Waals surface area contributed by atoms with Crippen LogP contribution in [0.4, 0.5) is 13.2 Å². The molecule has 0 unspecified atom stereocenters. The molecule has 1 N–H and O–H groups in total. The van der Waals surface area contributed by atoms with Crippen molar-refractivity contribution in [2.24, 2.45) is 0 Å². The summed E-state index contributed by atoms with van der Waals surface area (Å²) in [6.45, 7) is 3.21. The molecular weight excluding hydrogens is 257 g/mol. The molecule has 19 heavy (non-hydrogen) atoms. The lowest BCUT2D eigenvalue weighted by Crippen LogP contribution is -2.23. The Kier molecular flexibility index (Phi) is 3.30. The van der Waals surface area contributed by atoms with Crippen molar-refractivity contribution in [3.63, 3.8) is 0 Å². The molecule has 0 fully saturated rings. The summed E-state index contributed by atoms with van der Waals surface area (Å²) in [5, 5.41) is 9.67. The molecule has 1 aromatic carbocycles. The summed E-state index contributed by atoms with van der Waals surface area (Å²) in [5.41, 5.74) is -0.279. The predicted octanol–water partition coefficient (Wildman–Crippen LogP) is 3.22. The monoisotopic (exact) mass is 272 g/mol. The molecule has 0 radical (unpaired) electrons. The van der Waals surface area contributed by atoms with Crippen molar-refractivity contribution < 1.29 is 18.3 Å². The summed E-state index contributed by atoms with van der Waals surface area (Å²) >= 11 is 0. The summed E-state index contributed by atoms with van der Waals surface area (Å²) in [6, 6.07) is 6.47. The number of hydrogen-bond donors (Lipinski definition) is 1. The number of rotatable bonds is 3. The van der Waals surface area contributed by atoms with Crippen LogP contribution in [0.15, 0.2) is 24.3 Å². The highest BCUT2D eigenvalue weighted by Crippen LogP contribution is 2.32. The smallest absolute Gasteiger partial charge is 0.390 e. The second-order valence-corrected chi connectivity index (χ2v) is 5.14. The van der Waals surface area contributed by atoms with Crippen LogP contribution in [-0.4, -0.2) is 20.3 Å². The first-order valence-corrected chi connectivity index (χ1v) is 5.93. The zero-order chi connectivity index (χ0) is 14.3. The molecule has 0 amide bonds. The van der Waals surface area contributed by atoms with Crippen molar-refractivity contribution in [2.75, 3.05) is 0 Å². The van der Waals surface area contributed by atoms with E-state index in [4.69, 9.17) is 0 Å². The van der Waals surface area contributed by atoms with Gasteiger partial charge in [0, 0.05) is 6.54 Å². The Morgan fingerprint density at radius 2 is 1.84 bits per heavy atom. The van der Waals surface area contributed by atoms with Gasteiger partial charge in [0.1, 0.15) is 0 Å². The van der Waals surface area contributed by atoms with Crippen molar-refractivity contribution >= 4 is 11.0 Å². The predicted molar refractivity (Wildman–Crippen MR) is 65.6 cm³/mol. The average molecular weight is 272 g/mol. The minimum absolute atomic E-state index is 0.0683. The van der Waals surface area contributed by atoms with E-state index < -0.39 is 17.6 Å². The van der Waals surface area contributed by atoms with E-state index in [1.165, 1.54) is 0 Å². The Hall–Kier alpha value is -1.56. The summed E-state index contributed by atoms with van der Waals surface area (Å²) < 4.78 is 40.0. The Labute approximate surface area is 108 Å². The summed E-state index contributed by atoms with van der Waals surface area (Å²) in [4.78, 5) is 3.64. The molecule has 0 atom stereocenters. The maximum Gasteiger partial charge on any atom is 0.449 e. The Bertz CT molecular complexity index is 582. The first-order valence-electron chi connectivity index (χ1n) is 5.93. The Morgan fingerprint density at radius 1 is 1.21 bits per heavy atom. The van der Waals surface area contributed by atoms with Crippen molar-refractivity contribution in [3.05, 3.63) is 30.1 Å². The first-order chi connectivity index (χ1) is 8.68. The van der Waals surface area contributed by atoms with E-state index in [0.29, 0.717) is 11.0 Å². The van der Waals surface area contributed by atoms with Crippen molar-refractivity contribution in [1.29, 1.82) is 0 Å². The third-order valence-corrected chi connectivity index (χ3v) is 2.86. The SMILES string of the molecule is CC(C)(O)CCn1c(C(F)(F)F)nc2ccccc21. The van der Waals surface area contributed by atoms with Gasteiger partial charge < -0.3 is 9.67 Å². The highest BCUT2D eigenvalue weighted by atomic mass is 19.4. The highest BCUT2D eigenvalue weighted by Gasteiger charge is 2.37. The van der Waals surface area contributed by atoms with E-state index in [-0.39, 0.29) is 13.0 Å². The summed E-state index contributed by atoms with van der Waals surface area (Å²) in [6.07, 6.45) is -4.28. The van der Waals surface area contributed by atoms with Crippen molar-refractivity contribution in [2.45, 2.75) is 38.6 Å². The van der Waals surface area contributed by atoms with Gasteiger partial charge in [-0.2, -0.15) is 13.2 Å². The van der Waals surface area contributed by atoms with Crippen LogP contribution in [0.1, 0.15) is 26.1 Å². The number of aryl methyl sites for hydroxylation is 1. The maximum atomic E-state index is 13.0. The lowest BCUT2D eigenvalue weighted by atomic mass is 10.1. The molecule has 1 aromatic heterocycles. The van der Waals surface area contributed by atoms with Gasteiger partial charge in [0.2, 0.25) is 5.82 Å². The number of alkyl halides is 3. The quantitative estimate of drug-likeness (QED) is 0.931.